The third kappa shape index (κ3) is 4.42. The molecule has 0 saturated heterocycles. The molecule has 0 heterocycles. The third-order valence-corrected chi connectivity index (χ3v) is 4.54. The van der Waals surface area contributed by atoms with Crippen LogP contribution in [0.25, 0.3) is 0 Å². The molecule has 1 N–H and O–H groups in total. The van der Waals surface area contributed by atoms with Gasteiger partial charge in [-0.1, -0.05) is 42.5 Å². The fraction of sp³-hybridized carbons (Fsp3) is 0.130. The summed E-state index contributed by atoms with van der Waals surface area (Å²) < 4.78 is 0. The van der Waals surface area contributed by atoms with Gasteiger partial charge in [0.05, 0.1) is 0 Å². The van der Waals surface area contributed by atoms with Crippen LogP contribution in [-0.4, -0.2) is 18.9 Å². The number of benzene rings is 3. The zero-order chi connectivity index (χ0) is 19.2. The normalized spacial score (nSPS) is 10.3. The van der Waals surface area contributed by atoms with Crippen LogP contribution >= 0.6 is 0 Å². The molecule has 3 rings (SSSR count). The van der Waals surface area contributed by atoms with Crippen molar-refractivity contribution in [3.8, 4) is 0 Å². The van der Waals surface area contributed by atoms with E-state index in [1.165, 1.54) is 0 Å². The first-order chi connectivity index (χ1) is 13.1. The SMILES string of the molecule is Cc1ccccc1CNC(=O)c1ccc(C(=O)N(C)c2ccccc2)cc1. The average molecular weight is 358 g/mol. The van der Waals surface area contributed by atoms with Crippen LogP contribution in [-0.2, 0) is 6.54 Å². The van der Waals surface area contributed by atoms with E-state index in [9.17, 15) is 9.59 Å². The monoisotopic (exact) mass is 358 g/mol. The highest BCUT2D eigenvalue weighted by Gasteiger charge is 2.14. The Morgan fingerprint density at radius 2 is 1.41 bits per heavy atom. The number of anilines is 1. The van der Waals surface area contributed by atoms with Crippen molar-refractivity contribution in [1.29, 1.82) is 0 Å². The smallest absolute Gasteiger partial charge is 0.258 e. The van der Waals surface area contributed by atoms with Crippen molar-refractivity contribution < 1.29 is 9.59 Å². The quantitative estimate of drug-likeness (QED) is 0.743. The lowest BCUT2D eigenvalue weighted by Gasteiger charge is -2.17. The number of carbonyl (C=O) groups excluding carboxylic acids is 2. The molecule has 3 aromatic carbocycles. The summed E-state index contributed by atoms with van der Waals surface area (Å²) in [4.78, 5) is 26.5. The van der Waals surface area contributed by atoms with Crippen molar-refractivity contribution in [3.05, 3.63) is 101 Å². The predicted molar refractivity (Wildman–Crippen MR) is 108 cm³/mol. The van der Waals surface area contributed by atoms with E-state index < -0.39 is 0 Å². The lowest BCUT2D eigenvalue weighted by Crippen LogP contribution is -2.26. The molecule has 2 amide bonds. The van der Waals surface area contributed by atoms with Gasteiger partial charge in [0.25, 0.3) is 11.8 Å². The molecular weight excluding hydrogens is 336 g/mol. The maximum atomic E-state index is 12.6. The Morgan fingerprint density at radius 1 is 0.815 bits per heavy atom. The summed E-state index contributed by atoms with van der Waals surface area (Å²) in [5.41, 5.74) is 4.12. The van der Waals surface area contributed by atoms with Gasteiger partial charge in [-0.3, -0.25) is 9.59 Å². The molecule has 0 aliphatic rings. The summed E-state index contributed by atoms with van der Waals surface area (Å²) in [6, 6.07) is 24.1. The first kappa shape index (κ1) is 18.4. The van der Waals surface area contributed by atoms with E-state index in [1.54, 1.807) is 36.2 Å². The van der Waals surface area contributed by atoms with Gasteiger partial charge in [-0.05, 0) is 54.4 Å². The van der Waals surface area contributed by atoms with Crippen LogP contribution in [0.1, 0.15) is 31.8 Å². The molecule has 0 spiro atoms. The zero-order valence-electron chi connectivity index (χ0n) is 15.5. The number of rotatable bonds is 5. The summed E-state index contributed by atoms with van der Waals surface area (Å²) in [6.45, 7) is 2.49. The van der Waals surface area contributed by atoms with E-state index >= 15 is 0 Å². The van der Waals surface area contributed by atoms with Gasteiger partial charge in [0, 0.05) is 30.4 Å². The molecule has 0 aliphatic carbocycles. The van der Waals surface area contributed by atoms with E-state index in [0.717, 1.165) is 16.8 Å². The van der Waals surface area contributed by atoms with Crippen molar-refractivity contribution >= 4 is 17.5 Å². The second-order valence-electron chi connectivity index (χ2n) is 6.39. The minimum atomic E-state index is -0.159. The van der Waals surface area contributed by atoms with Crippen LogP contribution in [0, 0.1) is 6.92 Å². The molecule has 0 radical (unpaired) electrons. The molecule has 0 aliphatic heterocycles. The van der Waals surface area contributed by atoms with Crippen molar-refractivity contribution in [2.45, 2.75) is 13.5 Å². The maximum absolute atomic E-state index is 12.6. The molecular formula is C23H22N2O2. The first-order valence-corrected chi connectivity index (χ1v) is 8.82. The second kappa shape index (κ2) is 8.32. The van der Waals surface area contributed by atoms with E-state index in [2.05, 4.69) is 5.32 Å². The lowest BCUT2D eigenvalue weighted by molar-refractivity contribution is 0.0948. The molecule has 3 aromatic rings. The molecule has 4 heteroatoms. The number of para-hydroxylation sites is 1. The molecule has 0 unspecified atom stereocenters. The van der Waals surface area contributed by atoms with E-state index in [4.69, 9.17) is 0 Å². The topological polar surface area (TPSA) is 49.4 Å². The highest BCUT2D eigenvalue weighted by molar-refractivity contribution is 6.06. The fourth-order valence-corrected chi connectivity index (χ4v) is 2.81. The van der Waals surface area contributed by atoms with E-state index in [1.807, 2.05) is 61.5 Å². The van der Waals surface area contributed by atoms with Crippen LogP contribution in [0.15, 0.2) is 78.9 Å². The van der Waals surface area contributed by atoms with Crippen molar-refractivity contribution in [2.24, 2.45) is 0 Å². The van der Waals surface area contributed by atoms with E-state index in [0.29, 0.717) is 17.7 Å². The van der Waals surface area contributed by atoms with Gasteiger partial charge in [0.2, 0.25) is 0 Å². The van der Waals surface area contributed by atoms with E-state index in [-0.39, 0.29) is 11.8 Å². The maximum Gasteiger partial charge on any atom is 0.258 e. The van der Waals surface area contributed by atoms with Crippen LogP contribution in [0.4, 0.5) is 5.69 Å². The number of hydrogen-bond acceptors (Lipinski definition) is 2. The summed E-state index contributed by atoms with van der Waals surface area (Å²) in [5.74, 6) is -0.276. The van der Waals surface area contributed by atoms with Gasteiger partial charge < -0.3 is 10.2 Å². The molecule has 0 atom stereocenters. The Morgan fingerprint density at radius 3 is 2.07 bits per heavy atom. The first-order valence-electron chi connectivity index (χ1n) is 8.82. The molecule has 0 aromatic heterocycles. The molecule has 4 nitrogen and oxygen atoms in total. The Bertz CT molecular complexity index is 934. The molecule has 136 valence electrons. The van der Waals surface area contributed by atoms with Crippen molar-refractivity contribution in [3.63, 3.8) is 0 Å². The van der Waals surface area contributed by atoms with Gasteiger partial charge in [0.1, 0.15) is 0 Å². The Balaban J connectivity index is 1.65. The zero-order valence-corrected chi connectivity index (χ0v) is 15.5. The standard InChI is InChI=1S/C23H22N2O2/c1-17-8-6-7-9-20(17)16-24-22(26)18-12-14-19(15-13-18)23(27)25(2)21-10-4-3-5-11-21/h3-15H,16H2,1-2H3,(H,24,26). The third-order valence-electron chi connectivity index (χ3n) is 4.54. The van der Waals surface area contributed by atoms with Crippen LogP contribution in [0.5, 0.6) is 0 Å². The van der Waals surface area contributed by atoms with Gasteiger partial charge >= 0.3 is 0 Å². The number of nitrogens with zero attached hydrogens (tertiary/aromatic N) is 1. The Kier molecular flexibility index (Phi) is 5.67. The molecule has 0 bridgehead atoms. The van der Waals surface area contributed by atoms with Crippen molar-refractivity contribution in [2.75, 3.05) is 11.9 Å². The molecule has 27 heavy (non-hydrogen) atoms. The predicted octanol–water partition coefficient (Wildman–Crippen LogP) is 4.20. The lowest BCUT2D eigenvalue weighted by atomic mass is 10.1. The van der Waals surface area contributed by atoms with Crippen LogP contribution in [0.3, 0.4) is 0 Å². The number of amides is 2. The second-order valence-corrected chi connectivity index (χ2v) is 6.39. The molecule has 0 fully saturated rings. The van der Waals surface area contributed by atoms with Gasteiger partial charge in [-0.25, -0.2) is 0 Å². The summed E-state index contributed by atoms with van der Waals surface area (Å²) in [6.07, 6.45) is 0. The number of nitrogens with one attached hydrogen (secondary N) is 1. The Labute approximate surface area is 159 Å². The largest absolute Gasteiger partial charge is 0.348 e. The number of aryl methyl sites for hydroxylation is 1. The minimum Gasteiger partial charge on any atom is -0.348 e. The summed E-state index contributed by atoms with van der Waals surface area (Å²) in [5, 5.41) is 2.92. The van der Waals surface area contributed by atoms with Gasteiger partial charge in [-0.2, -0.15) is 0 Å². The van der Waals surface area contributed by atoms with Crippen LogP contribution in [0.2, 0.25) is 0 Å². The minimum absolute atomic E-state index is 0.118. The number of hydrogen-bond donors (Lipinski definition) is 1. The Hall–Kier alpha value is -3.40. The fourth-order valence-electron chi connectivity index (χ4n) is 2.81. The highest BCUT2D eigenvalue weighted by Crippen LogP contribution is 2.15. The van der Waals surface area contributed by atoms with Crippen LogP contribution < -0.4 is 10.2 Å². The number of carbonyl (C=O) groups is 2. The highest BCUT2D eigenvalue weighted by atomic mass is 16.2. The van der Waals surface area contributed by atoms with Crippen molar-refractivity contribution in [1.82, 2.24) is 5.32 Å². The molecule has 0 saturated carbocycles. The van der Waals surface area contributed by atoms with Gasteiger partial charge in [0.15, 0.2) is 0 Å². The summed E-state index contributed by atoms with van der Waals surface area (Å²) in [7, 11) is 1.74. The van der Waals surface area contributed by atoms with Gasteiger partial charge in [-0.15, -0.1) is 0 Å². The summed E-state index contributed by atoms with van der Waals surface area (Å²) >= 11 is 0. The average Bonchev–Trinajstić information content (AvgIpc) is 2.72.